The number of rotatable bonds is 9. The first-order valence-corrected chi connectivity index (χ1v) is 11.3. The van der Waals surface area contributed by atoms with Crippen molar-refractivity contribution in [3.8, 4) is 11.5 Å². The van der Waals surface area contributed by atoms with Gasteiger partial charge in [0.1, 0.15) is 5.69 Å². The number of H-pyrrole nitrogens is 1. The predicted molar refractivity (Wildman–Crippen MR) is 132 cm³/mol. The maximum atomic E-state index is 12.6. The highest BCUT2D eigenvalue weighted by Crippen LogP contribution is 2.28. The van der Waals surface area contributed by atoms with Crippen molar-refractivity contribution in [3.63, 3.8) is 0 Å². The molecule has 0 unspecified atom stereocenters. The van der Waals surface area contributed by atoms with Crippen molar-refractivity contribution in [1.82, 2.24) is 9.97 Å². The van der Waals surface area contributed by atoms with Crippen LogP contribution in [-0.2, 0) is 11.2 Å². The Morgan fingerprint density at radius 1 is 1.06 bits per heavy atom. The quantitative estimate of drug-likeness (QED) is 0.268. The molecule has 0 aliphatic heterocycles. The summed E-state index contributed by atoms with van der Waals surface area (Å²) in [4.78, 5) is 43.9. The predicted octanol–water partition coefficient (Wildman–Crippen LogP) is 2.91. The van der Waals surface area contributed by atoms with Crippen LogP contribution in [0.15, 0.2) is 52.4 Å². The first-order valence-electron chi connectivity index (χ1n) is 10.3. The molecule has 3 rings (SSSR count). The number of anilines is 3. The van der Waals surface area contributed by atoms with Crippen molar-refractivity contribution in [2.75, 3.05) is 36.3 Å². The monoisotopic (exact) mass is 483 g/mol. The normalized spacial score (nSPS) is 10.4. The summed E-state index contributed by atoms with van der Waals surface area (Å²) in [6.45, 7) is 2.05. The van der Waals surface area contributed by atoms with Crippen molar-refractivity contribution in [2.45, 2.75) is 18.5 Å². The van der Waals surface area contributed by atoms with E-state index in [1.54, 1.807) is 6.07 Å². The maximum absolute atomic E-state index is 12.6. The van der Waals surface area contributed by atoms with E-state index in [-0.39, 0.29) is 33.9 Å². The molecule has 0 bridgehead atoms. The van der Waals surface area contributed by atoms with Gasteiger partial charge >= 0.3 is 0 Å². The van der Waals surface area contributed by atoms with E-state index in [0.29, 0.717) is 17.2 Å². The summed E-state index contributed by atoms with van der Waals surface area (Å²) in [5.74, 6) is -0.177. The molecule has 1 heterocycles. The molecule has 0 aliphatic rings. The molecule has 178 valence electrons. The van der Waals surface area contributed by atoms with Gasteiger partial charge in [-0.1, -0.05) is 30.8 Å². The second kappa shape index (κ2) is 11.2. The molecule has 2 aromatic carbocycles. The van der Waals surface area contributed by atoms with Crippen molar-refractivity contribution < 1.29 is 19.1 Å². The van der Waals surface area contributed by atoms with Gasteiger partial charge in [0.2, 0.25) is 5.91 Å². The minimum absolute atomic E-state index is 0.00918. The van der Waals surface area contributed by atoms with Crippen LogP contribution in [0.2, 0.25) is 0 Å². The molecule has 0 aliphatic carbocycles. The number of methoxy groups -OCH3 is 2. The Kier molecular flexibility index (Phi) is 8.14. The zero-order valence-electron chi connectivity index (χ0n) is 18.9. The van der Waals surface area contributed by atoms with Gasteiger partial charge in [0.05, 0.1) is 20.0 Å². The van der Waals surface area contributed by atoms with E-state index in [9.17, 15) is 14.4 Å². The van der Waals surface area contributed by atoms with E-state index in [1.807, 2.05) is 24.3 Å². The number of nitrogens with two attached hydrogens (primary N) is 1. The molecule has 3 aromatic rings. The summed E-state index contributed by atoms with van der Waals surface area (Å²) in [6, 6.07) is 12.1. The summed E-state index contributed by atoms with van der Waals surface area (Å²) in [6.07, 6.45) is 0.912. The Balaban J connectivity index is 1.64. The third-order valence-electron chi connectivity index (χ3n) is 4.80. The van der Waals surface area contributed by atoms with Gasteiger partial charge in [-0.2, -0.15) is 0 Å². The first kappa shape index (κ1) is 24.6. The molecule has 0 radical (unpaired) electrons. The molecule has 0 saturated heterocycles. The van der Waals surface area contributed by atoms with Gasteiger partial charge in [-0.3, -0.25) is 19.4 Å². The fourth-order valence-corrected chi connectivity index (χ4v) is 3.64. The number of ether oxygens (including phenoxy) is 2. The summed E-state index contributed by atoms with van der Waals surface area (Å²) >= 11 is 1.01. The summed E-state index contributed by atoms with van der Waals surface area (Å²) in [7, 11) is 2.93. The average molecular weight is 484 g/mol. The molecule has 11 heteroatoms. The minimum Gasteiger partial charge on any atom is -0.493 e. The molecule has 0 saturated carbocycles. The van der Waals surface area contributed by atoms with E-state index >= 15 is 0 Å². The summed E-state index contributed by atoms with van der Waals surface area (Å²) < 4.78 is 10.3. The lowest BCUT2D eigenvalue weighted by Gasteiger charge is -2.11. The molecule has 0 spiro atoms. The zero-order chi connectivity index (χ0) is 24.7. The lowest BCUT2D eigenvalue weighted by Crippen LogP contribution is -2.23. The number of benzene rings is 2. The highest BCUT2D eigenvalue weighted by molar-refractivity contribution is 7.99. The van der Waals surface area contributed by atoms with Crippen molar-refractivity contribution >= 4 is 40.8 Å². The Labute approximate surface area is 200 Å². The molecule has 34 heavy (non-hydrogen) atoms. The van der Waals surface area contributed by atoms with Crippen LogP contribution in [0.3, 0.4) is 0 Å². The SMILES string of the molecule is CCc1ccc(NC(=O)CSc2nc(N)c(NC(=O)c3ccc(OC)c(OC)c3)c(=O)[nH]2)cc1. The second-order valence-electron chi connectivity index (χ2n) is 7.04. The van der Waals surface area contributed by atoms with E-state index in [0.717, 1.165) is 18.2 Å². The lowest BCUT2D eigenvalue weighted by atomic mass is 10.1. The molecule has 0 atom stereocenters. The Hall–Kier alpha value is -3.99. The molecular formula is C23H25N5O5S. The number of amides is 2. The van der Waals surface area contributed by atoms with Gasteiger partial charge in [0, 0.05) is 11.3 Å². The largest absolute Gasteiger partial charge is 0.493 e. The summed E-state index contributed by atoms with van der Waals surface area (Å²) in [5.41, 5.74) is 7.16. The van der Waals surface area contributed by atoms with Crippen molar-refractivity contribution in [2.24, 2.45) is 0 Å². The second-order valence-corrected chi connectivity index (χ2v) is 8.01. The number of carbonyl (C=O) groups is 2. The van der Waals surface area contributed by atoms with Crippen LogP contribution in [0, 0.1) is 0 Å². The van der Waals surface area contributed by atoms with Gasteiger partial charge in [-0.25, -0.2) is 4.98 Å². The number of aromatic nitrogens is 2. The van der Waals surface area contributed by atoms with Gasteiger partial charge in [-0.05, 0) is 42.3 Å². The Morgan fingerprint density at radius 3 is 2.38 bits per heavy atom. The van der Waals surface area contributed by atoms with Crippen LogP contribution in [0.25, 0.3) is 0 Å². The fraction of sp³-hybridized carbons (Fsp3) is 0.217. The standard InChI is InChI=1S/C23H25N5O5S/c1-4-13-5-8-15(9-6-13)25-18(29)12-34-23-27-20(24)19(22(31)28-23)26-21(30)14-7-10-16(32-2)17(11-14)33-3/h5-11H,4,12H2,1-3H3,(H,25,29)(H,26,30)(H3,24,27,28,31). The fourth-order valence-electron chi connectivity index (χ4n) is 2.98. The Morgan fingerprint density at radius 2 is 1.76 bits per heavy atom. The Bertz CT molecular complexity index is 1240. The number of nitrogen functional groups attached to an aromatic ring is 1. The van der Waals surface area contributed by atoms with Crippen LogP contribution in [0.4, 0.5) is 17.2 Å². The highest BCUT2D eigenvalue weighted by Gasteiger charge is 2.16. The first-order chi connectivity index (χ1) is 16.3. The molecule has 2 amide bonds. The van der Waals surface area contributed by atoms with Crippen LogP contribution < -0.4 is 31.4 Å². The molecule has 1 aromatic heterocycles. The van der Waals surface area contributed by atoms with Crippen LogP contribution in [0.5, 0.6) is 11.5 Å². The topological polar surface area (TPSA) is 148 Å². The van der Waals surface area contributed by atoms with Gasteiger partial charge in [-0.15, -0.1) is 0 Å². The maximum Gasteiger partial charge on any atom is 0.277 e. The number of aryl methyl sites for hydroxylation is 1. The van der Waals surface area contributed by atoms with Gasteiger partial charge in [0.15, 0.2) is 22.5 Å². The molecular weight excluding hydrogens is 458 g/mol. The van der Waals surface area contributed by atoms with Gasteiger partial charge in [0.25, 0.3) is 11.5 Å². The van der Waals surface area contributed by atoms with E-state index in [1.165, 1.54) is 31.9 Å². The number of thioether (sulfide) groups is 1. The lowest BCUT2D eigenvalue weighted by molar-refractivity contribution is -0.113. The number of nitrogens with zero attached hydrogens (tertiary/aromatic N) is 1. The molecule has 0 fully saturated rings. The third kappa shape index (κ3) is 6.07. The average Bonchev–Trinajstić information content (AvgIpc) is 2.84. The van der Waals surface area contributed by atoms with Gasteiger partial charge < -0.3 is 25.8 Å². The van der Waals surface area contributed by atoms with E-state index < -0.39 is 11.5 Å². The highest BCUT2D eigenvalue weighted by atomic mass is 32.2. The van der Waals surface area contributed by atoms with E-state index in [2.05, 4.69) is 27.5 Å². The molecule has 10 nitrogen and oxygen atoms in total. The van der Waals surface area contributed by atoms with Crippen LogP contribution in [-0.4, -0.2) is 41.8 Å². The smallest absolute Gasteiger partial charge is 0.277 e. The van der Waals surface area contributed by atoms with Crippen LogP contribution >= 0.6 is 11.8 Å². The van der Waals surface area contributed by atoms with Crippen molar-refractivity contribution in [1.29, 1.82) is 0 Å². The number of nitrogens with one attached hydrogen (secondary N) is 3. The number of aromatic amines is 1. The van der Waals surface area contributed by atoms with E-state index in [4.69, 9.17) is 15.2 Å². The summed E-state index contributed by atoms with van der Waals surface area (Å²) in [5, 5.41) is 5.40. The minimum atomic E-state index is -0.639. The number of hydrogen-bond donors (Lipinski definition) is 4. The number of hydrogen-bond acceptors (Lipinski definition) is 8. The zero-order valence-corrected chi connectivity index (χ0v) is 19.7. The van der Waals surface area contributed by atoms with Crippen LogP contribution in [0.1, 0.15) is 22.8 Å². The molecule has 5 N–H and O–H groups in total. The van der Waals surface area contributed by atoms with Crippen molar-refractivity contribution in [3.05, 3.63) is 63.9 Å². The number of carbonyl (C=O) groups excluding carboxylic acids is 2. The third-order valence-corrected chi connectivity index (χ3v) is 5.67.